The van der Waals surface area contributed by atoms with Gasteiger partial charge in [0, 0.05) is 13.2 Å². The lowest BCUT2D eigenvalue weighted by Crippen LogP contribution is -2.32. The van der Waals surface area contributed by atoms with Crippen LogP contribution in [0.3, 0.4) is 0 Å². The first-order chi connectivity index (χ1) is 8.74. The summed E-state index contributed by atoms with van der Waals surface area (Å²) in [7, 11) is 0. The zero-order valence-electron chi connectivity index (χ0n) is 9.83. The molecular formula is C10H15N5O2S. The fourth-order valence-electron chi connectivity index (χ4n) is 1.58. The zero-order chi connectivity index (χ0) is 12.8. The van der Waals surface area contributed by atoms with Gasteiger partial charge in [0.15, 0.2) is 5.16 Å². The number of aromatic nitrogens is 3. The highest BCUT2D eigenvalue weighted by Crippen LogP contribution is 2.12. The first-order valence-electron chi connectivity index (χ1n) is 5.69. The Morgan fingerprint density at radius 1 is 1.61 bits per heavy atom. The predicted octanol–water partition coefficient (Wildman–Crippen LogP) is -0.159. The molecule has 8 heteroatoms. The summed E-state index contributed by atoms with van der Waals surface area (Å²) in [5, 5.41) is 3.28. The molecule has 1 amide bonds. The third kappa shape index (κ3) is 4.11. The molecule has 1 aliphatic heterocycles. The predicted molar refractivity (Wildman–Crippen MR) is 66.9 cm³/mol. The van der Waals surface area contributed by atoms with Gasteiger partial charge < -0.3 is 15.8 Å². The first-order valence-corrected chi connectivity index (χ1v) is 6.68. The summed E-state index contributed by atoms with van der Waals surface area (Å²) in [6, 6.07) is 0. The summed E-state index contributed by atoms with van der Waals surface area (Å²) < 4.78 is 5.41. The van der Waals surface area contributed by atoms with Crippen molar-refractivity contribution in [2.75, 3.05) is 24.6 Å². The second-order valence-electron chi connectivity index (χ2n) is 3.85. The summed E-state index contributed by atoms with van der Waals surface area (Å²) in [4.78, 5) is 23.1. The molecule has 18 heavy (non-hydrogen) atoms. The number of hydrogen-bond acceptors (Lipinski definition) is 7. The van der Waals surface area contributed by atoms with Gasteiger partial charge in [0.25, 0.3) is 0 Å². The molecule has 0 aliphatic carbocycles. The van der Waals surface area contributed by atoms with Crippen LogP contribution in [0.2, 0.25) is 0 Å². The molecule has 1 aromatic rings. The smallest absolute Gasteiger partial charge is 0.230 e. The fourth-order valence-corrected chi connectivity index (χ4v) is 2.22. The van der Waals surface area contributed by atoms with E-state index in [-0.39, 0.29) is 23.7 Å². The highest BCUT2D eigenvalue weighted by molar-refractivity contribution is 7.99. The van der Waals surface area contributed by atoms with Gasteiger partial charge in [-0.2, -0.15) is 4.98 Å². The van der Waals surface area contributed by atoms with Gasteiger partial charge >= 0.3 is 0 Å². The van der Waals surface area contributed by atoms with E-state index in [0.29, 0.717) is 11.7 Å². The Balaban J connectivity index is 1.68. The molecule has 0 aromatic carbocycles. The number of anilines is 1. The summed E-state index contributed by atoms with van der Waals surface area (Å²) >= 11 is 1.23. The van der Waals surface area contributed by atoms with Crippen LogP contribution in [-0.2, 0) is 9.53 Å². The summed E-state index contributed by atoms with van der Waals surface area (Å²) in [6.45, 7) is 1.36. The second-order valence-corrected chi connectivity index (χ2v) is 4.80. The Labute approximate surface area is 109 Å². The van der Waals surface area contributed by atoms with Gasteiger partial charge in [0.05, 0.1) is 11.9 Å². The Kier molecular flexibility index (Phi) is 4.71. The molecule has 1 unspecified atom stereocenters. The molecule has 1 aromatic heterocycles. The van der Waals surface area contributed by atoms with E-state index in [0.717, 1.165) is 19.4 Å². The Morgan fingerprint density at radius 3 is 3.22 bits per heavy atom. The van der Waals surface area contributed by atoms with Gasteiger partial charge in [0.1, 0.15) is 6.33 Å². The SMILES string of the molecule is Nc1ncnc(SCC(=O)NCC2CCCO2)n1. The van der Waals surface area contributed by atoms with E-state index in [2.05, 4.69) is 20.3 Å². The minimum absolute atomic E-state index is 0.0607. The normalized spacial score (nSPS) is 18.8. The van der Waals surface area contributed by atoms with Crippen LogP contribution >= 0.6 is 11.8 Å². The molecule has 0 radical (unpaired) electrons. The maximum atomic E-state index is 11.6. The molecule has 0 bridgehead atoms. The van der Waals surface area contributed by atoms with E-state index < -0.39 is 0 Å². The van der Waals surface area contributed by atoms with Crippen LogP contribution in [0.1, 0.15) is 12.8 Å². The van der Waals surface area contributed by atoms with Crippen molar-refractivity contribution in [2.24, 2.45) is 0 Å². The number of hydrogen-bond donors (Lipinski definition) is 2. The minimum Gasteiger partial charge on any atom is -0.376 e. The Hall–Kier alpha value is -1.41. The van der Waals surface area contributed by atoms with E-state index in [1.54, 1.807) is 0 Å². The maximum absolute atomic E-state index is 11.6. The number of amides is 1. The molecule has 1 saturated heterocycles. The standard InChI is InChI=1S/C10H15N5O2S/c11-9-13-6-14-10(15-9)18-5-8(16)12-4-7-2-1-3-17-7/h6-7H,1-5H2,(H,12,16)(H2,11,13,14,15). The third-order valence-electron chi connectivity index (χ3n) is 2.45. The lowest BCUT2D eigenvalue weighted by atomic mass is 10.2. The van der Waals surface area contributed by atoms with Crippen LogP contribution in [0.4, 0.5) is 5.95 Å². The molecule has 2 rings (SSSR count). The van der Waals surface area contributed by atoms with Crippen LogP contribution in [0.15, 0.2) is 11.5 Å². The number of carbonyl (C=O) groups is 1. The number of nitrogens with one attached hydrogen (secondary N) is 1. The Bertz CT molecular complexity index is 411. The number of nitrogens with zero attached hydrogens (tertiary/aromatic N) is 3. The van der Waals surface area contributed by atoms with Gasteiger partial charge in [-0.15, -0.1) is 0 Å². The van der Waals surface area contributed by atoms with Gasteiger partial charge in [-0.25, -0.2) is 9.97 Å². The number of ether oxygens (including phenoxy) is 1. The molecule has 98 valence electrons. The summed E-state index contributed by atoms with van der Waals surface area (Å²) in [5.74, 6) is 0.359. The quantitative estimate of drug-likeness (QED) is 0.716. The van der Waals surface area contributed by atoms with E-state index in [1.165, 1.54) is 18.1 Å². The van der Waals surface area contributed by atoms with Crippen molar-refractivity contribution in [3.63, 3.8) is 0 Å². The molecule has 3 N–H and O–H groups in total. The van der Waals surface area contributed by atoms with Gasteiger partial charge in [-0.05, 0) is 12.8 Å². The number of rotatable bonds is 5. The third-order valence-corrected chi connectivity index (χ3v) is 3.31. The van der Waals surface area contributed by atoms with Crippen molar-refractivity contribution in [1.29, 1.82) is 0 Å². The van der Waals surface area contributed by atoms with Crippen LogP contribution in [-0.4, -0.2) is 45.9 Å². The van der Waals surface area contributed by atoms with E-state index in [4.69, 9.17) is 10.5 Å². The molecule has 0 saturated carbocycles. The molecule has 1 atom stereocenters. The highest BCUT2D eigenvalue weighted by Gasteiger charge is 2.16. The highest BCUT2D eigenvalue weighted by atomic mass is 32.2. The fraction of sp³-hybridized carbons (Fsp3) is 0.600. The van der Waals surface area contributed by atoms with Gasteiger partial charge in [-0.1, -0.05) is 11.8 Å². The van der Waals surface area contributed by atoms with Crippen LogP contribution in [0.5, 0.6) is 0 Å². The molecule has 0 spiro atoms. The van der Waals surface area contributed by atoms with E-state index in [1.807, 2.05) is 0 Å². The molecule has 1 aliphatic rings. The lowest BCUT2D eigenvalue weighted by Gasteiger charge is -2.10. The molecular weight excluding hydrogens is 254 g/mol. The zero-order valence-corrected chi connectivity index (χ0v) is 10.7. The van der Waals surface area contributed by atoms with Crippen molar-refractivity contribution < 1.29 is 9.53 Å². The van der Waals surface area contributed by atoms with Crippen LogP contribution < -0.4 is 11.1 Å². The van der Waals surface area contributed by atoms with Crippen LogP contribution in [0, 0.1) is 0 Å². The molecule has 7 nitrogen and oxygen atoms in total. The molecule has 1 fully saturated rings. The second kappa shape index (κ2) is 6.50. The van der Waals surface area contributed by atoms with E-state index in [9.17, 15) is 4.79 Å². The number of nitrogen functional groups attached to an aromatic ring is 1. The van der Waals surface area contributed by atoms with Crippen molar-refractivity contribution in [1.82, 2.24) is 20.3 Å². The molecule has 2 heterocycles. The number of thioether (sulfide) groups is 1. The Morgan fingerprint density at radius 2 is 2.50 bits per heavy atom. The van der Waals surface area contributed by atoms with Gasteiger partial charge in [0.2, 0.25) is 11.9 Å². The topological polar surface area (TPSA) is 103 Å². The number of carbonyl (C=O) groups excluding carboxylic acids is 1. The number of nitrogens with two attached hydrogens (primary N) is 1. The van der Waals surface area contributed by atoms with E-state index >= 15 is 0 Å². The van der Waals surface area contributed by atoms with Crippen molar-refractivity contribution in [2.45, 2.75) is 24.1 Å². The summed E-state index contributed by atoms with van der Waals surface area (Å²) in [5.41, 5.74) is 5.41. The first kappa shape index (κ1) is 13.0. The maximum Gasteiger partial charge on any atom is 0.230 e. The average Bonchev–Trinajstić information content (AvgIpc) is 2.87. The lowest BCUT2D eigenvalue weighted by molar-refractivity contribution is -0.119. The summed E-state index contributed by atoms with van der Waals surface area (Å²) in [6.07, 6.45) is 3.57. The van der Waals surface area contributed by atoms with Gasteiger partial charge in [-0.3, -0.25) is 4.79 Å². The monoisotopic (exact) mass is 269 g/mol. The van der Waals surface area contributed by atoms with Crippen molar-refractivity contribution in [3.05, 3.63) is 6.33 Å². The van der Waals surface area contributed by atoms with Crippen molar-refractivity contribution in [3.8, 4) is 0 Å². The average molecular weight is 269 g/mol. The minimum atomic E-state index is -0.0607. The van der Waals surface area contributed by atoms with Crippen LogP contribution in [0.25, 0.3) is 0 Å². The largest absolute Gasteiger partial charge is 0.376 e. The van der Waals surface area contributed by atoms with Crippen molar-refractivity contribution >= 4 is 23.6 Å².